The van der Waals surface area contributed by atoms with Gasteiger partial charge in [0, 0.05) is 18.3 Å². The molecule has 0 saturated carbocycles. The molecule has 4 rings (SSSR count). The van der Waals surface area contributed by atoms with Crippen molar-refractivity contribution in [1.29, 1.82) is 5.26 Å². The van der Waals surface area contributed by atoms with Gasteiger partial charge < -0.3 is 9.30 Å². The lowest BCUT2D eigenvalue weighted by Crippen LogP contribution is -2.17. The fourth-order valence-corrected chi connectivity index (χ4v) is 3.57. The molecule has 0 N–H and O–H groups in total. The van der Waals surface area contributed by atoms with Crippen LogP contribution in [0.25, 0.3) is 11.1 Å². The van der Waals surface area contributed by atoms with Crippen LogP contribution in [0.3, 0.4) is 0 Å². The highest BCUT2D eigenvalue weighted by molar-refractivity contribution is 5.70. The van der Waals surface area contributed by atoms with E-state index in [0.717, 1.165) is 16.8 Å². The lowest BCUT2D eigenvalue weighted by molar-refractivity contribution is -0.274. The molecule has 0 spiro atoms. The van der Waals surface area contributed by atoms with Crippen LogP contribution in [0.2, 0.25) is 0 Å². The van der Waals surface area contributed by atoms with Gasteiger partial charge in [-0.15, -0.1) is 13.2 Å². The molecule has 4 nitrogen and oxygen atoms in total. The minimum Gasteiger partial charge on any atom is -0.405 e. The third-order valence-electron chi connectivity index (χ3n) is 5.03. The first-order valence-electron chi connectivity index (χ1n) is 9.83. The smallest absolute Gasteiger partial charge is 0.405 e. The quantitative estimate of drug-likeness (QED) is 0.366. The molecule has 4 aromatic rings. The molecule has 0 saturated heterocycles. The minimum atomic E-state index is -4.76. The number of alkyl halides is 3. The Morgan fingerprint density at radius 2 is 1.62 bits per heavy atom. The van der Waals surface area contributed by atoms with Crippen molar-refractivity contribution >= 4 is 0 Å². The fourth-order valence-electron chi connectivity index (χ4n) is 3.57. The molecule has 32 heavy (non-hydrogen) atoms. The van der Waals surface area contributed by atoms with Crippen LogP contribution in [0.5, 0.6) is 5.75 Å². The van der Waals surface area contributed by atoms with E-state index in [1.165, 1.54) is 12.1 Å². The van der Waals surface area contributed by atoms with Crippen LogP contribution in [0.15, 0.2) is 91.4 Å². The Balaban J connectivity index is 1.57. The zero-order chi connectivity index (χ0) is 22.6. The van der Waals surface area contributed by atoms with Crippen LogP contribution in [0.1, 0.15) is 22.7 Å². The molecule has 0 bridgehead atoms. The van der Waals surface area contributed by atoms with Gasteiger partial charge in [-0.2, -0.15) is 5.26 Å². The summed E-state index contributed by atoms with van der Waals surface area (Å²) in [6, 6.07) is 25.0. The number of halogens is 3. The van der Waals surface area contributed by atoms with Gasteiger partial charge in [-0.3, -0.25) is 0 Å². The number of aromatic nitrogens is 2. The zero-order valence-electron chi connectivity index (χ0n) is 16.8. The number of hydrogen-bond acceptors (Lipinski definition) is 3. The summed E-state index contributed by atoms with van der Waals surface area (Å²) in [6.45, 7) is 0.474. The summed E-state index contributed by atoms with van der Waals surface area (Å²) in [5.74, 6) is -0.700. The van der Waals surface area contributed by atoms with Crippen molar-refractivity contribution in [2.24, 2.45) is 0 Å². The van der Waals surface area contributed by atoms with Crippen LogP contribution < -0.4 is 4.74 Å². The van der Waals surface area contributed by atoms with Crippen LogP contribution >= 0.6 is 0 Å². The normalized spacial score (nSPS) is 12.2. The van der Waals surface area contributed by atoms with Gasteiger partial charge in [0.15, 0.2) is 0 Å². The number of nitrogens with zero attached hydrogens (tertiary/aromatic N) is 3. The zero-order valence-corrected chi connectivity index (χ0v) is 16.8. The molecule has 0 aliphatic heterocycles. The first kappa shape index (κ1) is 21.2. The maximum absolute atomic E-state index is 12.7. The van der Waals surface area contributed by atoms with Crippen molar-refractivity contribution in [3.05, 3.63) is 108 Å². The molecular weight excluding hydrogens is 415 g/mol. The molecule has 1 aromatic heterocycles. The van der Waals surface area contributed by atoms with Crippen molar-refractivity contribution in [1.82, 2.24) is 9.55 Å². The van der Waals surface area contributed by atoms with Crippen LogP contribution in [-0.2, 0) is 6.54 Å². The van der Waals surface area contributed by atoms with E-state index >= 15 is 0 Å². The van der Waals surface area contributed by atoms with E-state index in [4.69, 9.17) is 0 Å². The van der Waals surface area contributed by atoms with E-state index in [2.05, 4.69) is 15.8 Å². The highest BCUT2D eigenvalue weighted by Gasteiger charge is 2.32. The predicted octanol–water partition coefficient (Wildman–Crippen LogP) is 6.15. The summed E-state index contributed by atoms with van der Waals surface area (Å²) in [5, 5.41) is 9.73. The number of benzene rings is 3. The average molecular weight is 433 g/mol. The van der Waals surface area contributed by atoms with Gasteiger partial charge >= 0.3 is 6.36 Å². The molecule has 3 aromatic carbocycles. The topological polar surface area (TPSA) is 50.8 Å². The molecule has 1 atom stereocenters. The van der Waals surface area contributed by atoms with E-state index in [-0.39, 0.29) is 5.75 Å². The van der Waals surface area contributed by atoms with Gasteiger partial charge in [0.25, 0.3) is 0 Å². The number of nitriles is 1. The maximum atomic E-state index is 12.7. The highest BCUT2D eigenvalue weighted by Crippen LogP contribution is 2.34. The lowest BCUT2D eigenvalue weighted by Gasteiger charge is -2.15. The Labute approximate surface area is 183 Å². The molecule has 0 radical (unpaired) electrons. The summed E-state index contributed by atoms with van der Waals surface area (Å²) in [7, 11) is 0. The Morgan fingerprint density at radius 3 is 2.31 bits per heavy atom. The van der Waals surface area contributed by atoms with Gasteiger partial charge in [0.1, 0.15) is 11.7 Å². The molecule has 1 heterocycles. The molecule has 0 amide bonds. The Hall–Kier alpha value is -4.05. The second kappa shape index (κ2) is 8.98. The third-order valence-corrected chi connectivity index (χ3v) is 5.03. The molecule has 7 heteroatoms. The van der Waals surface area contributed by atoms with E-state index in [1.807, 2.05) is 47.0 Å². The summed E-state index contributed by atoms with van der Waals surface area (Å²) in [4.78, 5) is 4.21. The Bertz CT molecular complexity index is 1230. The number of imidazole rings is 1. The van der Waals surface area contributed by atoms with Gasteiger partial charge in [-0.25, -0.2) is 4.98 Å². The maximum Gasteiger partial charge on any atom is 0.573 e. The molecule has 0 aliphatic rings. The standard InChI is InChI=1S/C25H18F3N3O/c26-25(27,28)32-24-9-5-4-8-21(24)20-12-10-18(11-13-20)16-31-17-30-15-23(31)22(14-29)19-6-2-1-3-7-19/h1-13,15,17,22H,16H2. The Kier molecular flexibility index (Phi) is 5.95. The largest absolute Gasteiger partial charge is 0.573 e. The van der Waals surface area contributed by atoms with E-state index in [0.29, 0.717) is 17.7 Å². The van der Waals surface area contributed by atoms with E-state index < -0.39 is 12.3 Å². The van der Waals surface area contributed by atoms with Crippen molar-refractivity contribution < 1.29 is 17.9 Å². The third kappa shape index (κ3) is 4.81. The summed E-state index contributed by atoms with van der Waals surface area (Å²) in [6.07, 6.45) is -1.41. The number of rotatable bonds is 6. The van der Waals surface area contributed by atoms with Gasteiger partial charge in [-0.05, 0) is 22.8 Å². The first-order valence-corrected chi connectivity index (χ1v) is 9.83. The predicted molar refractivity (Wildman–Crippen MR) is 114 cm³/mol. The molecule has 1 unspecified atom stereocenters. The van der Waals surface area contributed by atoms with E-state index in [9.17, 15) is 18.4 Å². The number of para-hydroxylation sites is 1. The Morgan fingerprint density at radius 1 is 0.938 bits per heavy atom. The second-order valence-electron chi connectivity index (χ2n) is 7.16. The number of hydrogen-bond donors (Lipinski definition) is 0. The molecular formula is C25H18F3N3O. The molecule has 0 fully saturated rings. The van der Waals surface area contributed by atoms with Crippen molar-refractivity contribution in [2.75, 3.05) is 0 Å². The van der Waals surface area contributed by atoms with Crippen molar-refractivity contribution in [3.63, 3.8) is 0 Å². The monoisotopic (exact) mass is 433 g/mol. The van der Waals surface area contributed by atoms with Crippen LogP contribution in [0.4, 0.5) is 13.2 Å². The van der Waals surface area contributed by atoms with Gasteiger partial charge in [-0.1, -0.05) is 72.8 Å². The lowest BCUT2D eigenvalue weighted by atomic mass is 9.97. The van der Waals surface area contributed by atoms with Gasteiger partial charge in [0.2, 0.25) is 0 Å². The van der Waals surface area contributed by atoms with Gasteiger partial charge in [0.05, 0.1) is 18.1 Å². The van der Waals surface area contributed by atoms with E-state index in [1.54, 1.807) is 36.8 Å². The summed E-state index contributed by atoms with van der Waals surface area (Å²) in [5.41, 5.74) is 3.54. The summed E-state index contributed by atoms with van der Waals surface area (Å²) < 4.78 is 44.2. The van der Waals surface area contributed by atoms with Crippen LogP contribution in [0, 0.1) is 11.3 Å². The SMILES string of the molecule is N#CC(c1ccccc1)c1cncn1Cc1ccc(-c2ccccc2OC(F)(F)F)cc1. The molecule has 0 aliphatic carbocycles. The minimum absolute atomic E-state index is 0.246. The number of ether oxygens (including phenoxy) is 1. The average Bonchev–Trinajstić information content (AvgIpc) is 3.23. The first-order chi connectivity index (χ1) is 15.4. The highest BCUT2D eigenvalue weighted by atomic mass is 19.4. The van der Waals surface area contributed by atoms with Crippen molar-refractivity contribution in [2.45, 2.75) is 18.8 Å². The second-order valence-corrected chi connectivity index (χ2v) is 7.16. The van der Waals surface area contributed by atoms with Crippen molar-refractivity contribution in [3.8, 4) is 22.9 Å². The van der Waals surface area contributed by atoms with Crippen LogP contribution in [-0.4, -0.2) is 15.9 Å². The fraction of sp³-hybridized carbons (Fsp3) is 0.120. The molecule has 160 valence electrons. The summed E-state index contributed by atoms with van der Waals surface area (Å²) >= 11 is 0.